The molecular formula is C17H19FN2O4S2. The second-order valence-electron chi connectivity index (χ2n) is 6.23. The number of nitrogens with one attached hydrogen (secondary N) is 1. The Labute approximate surface area is 155 Å². The van der Waals surface area contributed by atoms with Crippen LogP contribution in [0.15, 0.2) is 34.7 Å². The number of sulfonamides is 1. The summed E-state index contributed by atoms with van der Waals surface area (Å²) in [6, 6.07) is 5.65. The fraction of sp³-hybridized carbons (Fsp3) is 0.412. The van der Waals surface area contributed by atoms with E-state index in [-0.39, 0.29) is 10.0 Å². The van der Waals surface area contributed by atoms with E-state index in [0.29, 0.717) is 23.4 Å². The molecule has 1 N–H and O–H groups in total. The first-order valence-corrected chi connectivity index (χ1v) is 10.5. The van der Waals surface area contributed by atoms with Gasteiger partial charge in [0.25, 0.3) is 10.0 Å². The van der Waals surface area contributed by atoms with E-state index in [1.165, 1.54) is 37.6 Å². The van der Waals surface area contributed by atoms with Crippen molar-refractivity contribution in [3.05, 3.63) is 36.3 Å². The van der Waals surface area contributed by atoms with Crippen LogP contribution in [0.25, 0.3) is 10.6 Å². The molecule has 1 aliphatic rings. The van der Waals surface area contributed by atoms with Gasteiger partial charge in [0.2, 0.25) is 0 Å². The Morgan fingerprint density at radius 3 is 2.50 bits per heavy atom. The number of carbonyl (C=O) groups excluding carboxylic acids is 1. The van der Waals surface area contributed by atoms with Crippen molar-refractivity contribution in [1.82, 2.24) is 9.71 Å². The minimum atomic E-state index is -3.94. The summed E-state index contributed by atoms with van der Waals surface area (Å²) < 4.78 is 46.1. The van der Waals surface area contributed by atoms with Crippen molar-refractivity contribution in [3.8, 4) is 10.6 Å². The molecule has 2 aromatic rings. The van der Waals surface area contributed by atoms with Gasteiger partial charge < -0.3 is 4.74 Å². The van der Waals surface area contributed by atoms with Crippen molar-refractivity contribution < 1.29 is 22.3 Å². The van der Waals surface area contributed by atoms with Gasteiger partial charge in [-0.15, -0.1) is 11.3 Å². The number of halogens is 1. The lowest BCUT2D eigenvalue weighted by molar-refractivity contribution is -0.149. The molecule has 1 heterocycles. The Hall–Kier alpha value is -1.84. The van der Waals surface area contributed by atoms with Crippen LogP contribution in [0.3, 0.4) is 0 Å². The lowest BCUT2D eigenvalue weighted by Crippen LogP contribution is -2.55. The third-order valence-electron chi connectivity index (χ3n) is 4.45. The lowest BCUT2D eigenvalue weighted by atomic mass is 9.83. The summed E-state index contributed by atoms with van der Waals surface area (Å²) in [4.78, 5) is 16.4. The molecule has 1 fully saturated rings. The number of benzene rings is 1. The van der Waals surface area contributed by atoms with Crippen molar-refractivity contribution in [2.75, 3.05) is 7.11 Å². The minimum Gasteiger partial charge on any atom is -0.468 e. The predicted octanol–water partition coefficient (Wildman–Crippen LogP) is 3.10. The van der Waals surface area contributed by atoms with E-state index in [1.807, 2.05) is 0 Å². The van der Waals surface area contributed by atoms with Gasteiger partial charge in [0.1, 0.15) is 16.4 Å². The molecule has 0 aliphatic heterocycles. The molecule has 0 unspecified atom stereocenters. The highest BCUT2D eigenvalue weighted by Crippen LogP contribution is 2.33. The van der Waals surface area contributed by atoms with Gasteiger partial charge in [0.15, 0.2) is 4.21 Å². The van der Waals surface area contributed by atoms with E-state index < -0.39 is 21.5 Å². The number of rotatable bonds is 5. The van der Waals surface area contributed by atoms with Gasteiger partial charge in [-0.1, -0.05) is 19.3 Å². The van der Waals surface area contributed by atoms with Crippen molar-refractivity contribution >= 4 is 27.3 Å². The molecule has 1 aromatic carbocycles. The highest BCUT2D eigenvalue weighted by molar-refractivity contribution is 7.91. The maximum absolute atomic E-state index is 13.0. The second kappa shape index (κ2) is 7.42. The number of esters is 1. The Bertz CT molecular complexity index is 888. The number of aromatic nitrogens is 1. The van der Waals surface area contributed by atoms with Crippen LogP contribution in [-0.4, -0.2) is 32.0 Å². The zero-order chi connectivity index (χ0) is 18.8. The summed E-state index contributed by atoms with van der Waals surface area (Å²) in [6.07, 6.45) is 4.52. The number of hydrogen-bond donors (Lipinski definition) is 1. The van der Waals surface area contributed by atoms with E-state index in [0.717, 1.165) is 30.6 Å². The molecule has 1 aromatic heterocycles. The maximum atomic E-state index is 13.0. The highest BCUT2D eigenvalue weighted by atomic mass is 32.2. The molecule has 1 aliphatic carbocycles. The van der Waals surface area contributed by atoms with Crippen molar-refractivity contribution in [1.29, 1.82) is 0 Å². The number of thiazole rings is 1. The van der Waals surface area contributed by atoms with Gasteiger partial charge in [0.05, 0.1) is 13.3 Å². The average molecular weight is 398 g/mol. The first-order valence-electron chi connectivity index (χ1n) is 8.20. The van der Waals surface area contributed by atoms with Crippen LogP contribution in [-0.2, 0) is 19.6 Å². The lowest BCUT2D eigenvalue weighted by Gasteiger charge is -2.34. The van der Waals surface area contributed by atoms with Crippen molar-refractivity contribution in [2.24, 2.45) is 0 Å². The first-order chi connectivity index (χ1) is 12.4. The summed E-state index contributed by atoms with van der Waals surface area (Å²) >= 11 is 0.969. The first kappa shape index (κ1) is 18.9. The molecule has 0 radical (unpaired) electrons. The summed E-state index contributed by atoms with van der Waals surface area (Å²) in [5, 5.41) is 0.459. The van der Waals surface area contributed by atoms with Crippen LogP contribution in [0, 0.1) is 5.82 Å². The molecule has 0 spiro atoms. The fourth-order valence-electron chi connectivity index (χ4n) is 3.12. The fourth-order valence-corrected chi connectivity index (χ4v) is 5.67. The number of nitrogens with zero attached hydrogens (tertiary/aromatic N) is 1. The summed E-state index contributed by atoms with van der Waals surface area (Å²) in [5.74, 6) is -0.943. The normalized spacial score (nSPS) is 17.0. The van der Waals surface area contributed by atoms with Gasteiger partial charge in [-0.25, -0.2) is 17.8 Å². The summed E-state index contributed by atoms with van der Waals surface area (Å²) in [7, 11) is -2.68. The monoisotopic (exact) mass is 398 g/mol. The number of ether oxygens (including phenoxy) is 1. The van der Waals surface area contributed by atoms with Crippen LogP contribution in [0.4, 0.5) is 4.39 Å². The van der Waals surface area contributed by atoms with Crippen LogP contribution in [0.2, 0.25) is 0 Å². The molecule has 26 heavy (non-hydrogen) atoms. The topological polar surface area (TPSA) is 85.4 Å². The van der Waals surface area contributed by atoms with E-state index in [1.54, 1.807) is 0 Å². The van der Waals surface area contributed by atoms with E-state index >= 15 is 0 Å². The van der Waals surface area contributed by atoms with Crippen LogP contribution in [0.5, 0.6) is 0 Å². The molecule has 3 rings (SSSR count). The zero-order valence-electron chi connectivity index (χ0n) is 14.2. The number of methoxy groups -OCH3 is 1. The quantitative estimate of drug-likeness (QED) is 0.782. The molecule has 140 valence electrons. The van der Waals surface area contributed by atoms with E-state index in [2.05, 4.69) is 9.71 Å². The molecule has 9 heteroatoms. The second-order valence-corrected chi connectivity index (χ2v) is 9.17. The predicted molar refractivity (Wildman–Crippen MR) is 95.7 cm³/mol. The standard InChI is InChI=1S/C17H19FN2O4S2/c1-24-16(21)17(9-3-2-4-10-17)20-26(22,23)14-11-19-15(25-14)12-5-7-13(18)8-6-12/h5-8,11,20H,2-4,9-10H2,1H3. The van der Waals surface area contributed by atoms with Gasteiger partial charge in [0, 0.05) is 5.56 Å². The summed E-state index contributed by atoms with van der Waals surface area (Å²) in [5.41, 5.74) is -0.607. The molecule has 6 nitrogen and oxygen atoms in total. The summed E-state index contributed by atoms with van der Waals surface area (Å²) in [6.45, 7) is 0. The Morgan fingerprint density at radius 2 is 1.88 bits per heavy atom. The molecule has 0 atom stereocenters. The van der Waals surface area contributed by atoms with Gasteiger partial charge in [-0.2, -0.15) is 4.72 Å². The highest BCUT2D eigenvalue weighted by Gasteiger charge is 2.44. The Balaban J connectivity index is 1.88. The third-order valence-corrected chi connectivity index (χ3v) is 7.50. The zero-order valence-corrected chi connectivity index (χ0v) is 15.8. The van der Waals surface area contributed by atoms with Gasteiger partial charge in [-0.05, 0) is 37.1 Å². The smallest absolute Gasteiger partial charge is 0.327 e. The number of carbonyl (C=O) groups is 1. The number of hydrogen-bond acceptors (Lipinski definition) is 6. The van der Waals surface area contributed by atoms with Crippen molar-refractivity contribution in [3.63, 3.8) is 0 Å². The Kier molecular flexibility index (Phi) is 5.40. The van der Waals surface area contributed by atoms with Crippen LogP contribution < -0.4 is 4.72 Å². The SMILES string of the molecule is COC(=O)C1(NS(=O)(=O)c2cnc(-c3ccc(F)cc3)s2)CCCCC1. The van der Waals surface area contributed by atoms with E-state index in [9.17, 15) is 17.6 Å². The van der Waals surface area contributed by atoms with E-state index in [4.69, 9.17) is 4.74 Å². The molecule has 0 bridgehead atoms. The Morgan fingerprint density at radius 1 is 1.23 bits per heavy atom. The van der Waals surface area contributed by atoms with Crippen LogP contribution in [0.1, 0.15) is 32.1 Å². The molecular weight excluding hydrogens is 379 g/mol. The minimum absolute atomic E-state index is 0.00526. The maximum Gasteiger partial charge on any atom is 0.327 e. The van der Waals surface area contributed by atoms with Crippen molar-refractivity contribution in [2.45, 2.75) is 41.9 Å². The largest absolute Gasteiger partial charge is 0.468 e. The average Bonchev–Trinajstić information content (AvgIpc) is 3.13. The third kappa shape index (κ3) is 3.79. The molecule has 0 amide bonds. The van der Waals surface area contributed by atoms with Gasteiger partial charge in [-0.3, -0.25) is 4.79 Å². The van der Waals surface area contributed by atoms with Crippen LogP contribution >= 0.6 is 11.3 Å². The molecule has 0 saturated heterocycles. The molecule has 1 saturated carbocycles. The van der Waals surface area contributed by atoms with Gasteiger partial charge >= 0.3 is 5.97 Å².